The number of benzene rings is 1. The van der Waals surface area contributed by atoms with Crippen LogP contribution in [0, 0.1) is 5.92 Å². The van der Waals surface area contributed by atoms with Gasteiger partial charge in [-0.25, -0.2) is 0 Å². The summed E-state index contributed by atoms with van der Waals surface area (Å²) in [5, 5.41) is 4.64. The highest BCUT2D eigenvalue weighted by Crippen LogP contribution is 2.20. The standard InChI is InChI=1S/C22H32N4O2/c1-2-23-22(24-9-7-20-15-19-5-3-4-6-21(19)28-20)26-10-8-18(17-26)16-25-11-13-27-14-12-25/h3-6,15,18H,2,7-14,16-17H2,1H3,(H,23,24). The minimum absolute atomic E-state index is 0.720. The molecule has 1 unspecified atom stereocenters. The second-order valence-corrected chi connectivity index (χ2v) is 7.75. The number of nitrogens with zero attached hydrogens (tertiary/aromatic N) is 3. The summed E-state index contributed by atoms with van der Waals surface area (Å²) in [6.07, 6.45) is 2.07. The molecule has 0 bridgehead atoms. The quantitative estimate of drug-likeness (QED) is 0.613. The number of para-hydroxylation sites is 1. The molecule has 6 nitrogen and oxygen atoms in total. The Morgan fingerprint density at radius 3 is 2.89 bits per heavy atom. The molecule has 0 spiro atoms. The van der Waals surface area contributed by atoms with Gasteiger partial charge in [0.25, 0.3) is 0 Å². The highest BCUT2D eigenvalue weighted by molar-refractivity contribution is 5.80. The molecule has 2 aliphatic heterocycles. The second-order valence-electron chi connectivity index (χ2n) is 7.75. The molecular weight excluding hydrogens is 352 g/mol. The lowest BCUT2D eigenvalue weighted by atomic mass is 10.1. The van der Waals surface area contributed by atoms with Crippen molar-refractivity contribution in [3.05, 3.63) is 36.1 Å². The number of rotatable bonds is 6. The Morgan fingerprint density at radius 1 is 1.21 bits per heavy atom. The van der Waals surface area contributed by atoms with E-state index in [1.54, 1.807) is 0 Å². The van der Waals surface area contributed by atoms with Crippen molar-refractivity contribution in [2.75, 3.05) is 59.0 Å². The van der Waals surface area contributed by atoms with Crippen LogP contribution in [-0.4, -0.2) is 74.8 Å². The summed E-state index contributed by atoms with van der Waals surface area (Å²) in [4.78, 5) is 9.85. The van der Waals surface area contributed by atoms with E-state index < -0.39 is 0 Å². The summed E-state index contributed by atoms with van der Waals surface area (Å²) in [5.41, 5.74) is 0.957. The average molecular weight is 385 g/mol. The van der Waals surface area contributed by atoms with Gasteiger partial charge in [0.15, 0.2) is 5.96 Å². The SMILES string of the molecule is CCNC(=NCCc1cc2ccccc2o1)N1CCC(CN2CCOCC2)C1. The first-order valence-corrected chi connectivity index (χ1v) is 10.6. The Bertz CT molecular complexity index is 749. The van der Waals surface area contributed by atoms with Gasteiger partial charge in [-0.15, -0.1) is 0 Å². The number of furan rings is 1. The maximum Gasteiger partial charge on any atom is 0.193 e. The summed E-state index contributed by atoms with van der Waals surface area (Å²) < 4.78 is 11.4. The molecule has 1 N–H and O–H groups in total. The van der Waals surface area contributed by atoms with Crippen LogP contribution in [-0.2, 0) is 11.2 Å². The third kappa shape index (κ3) is 4.86. The highest BCUT2D eigenvalue weighted by Gasteiger charge is 2.27. The van der Waals surface area contributed by atoms with Crippen LogP contribution in [0.5, 0.6) is 0 Å². The maximum atomic E-state index is 5.92. The topological polar surface area (TPSA) is 53.2 Å². The van der Waals surface area contributed by atoms with Crippen LogP contribution in [0.4, 0.5) is 0 Å². The van der Waals surface area contributed by atoms with Crippen molar-refractivity contribution in [2.45, 2.75) is 19.8 Å². The van der Waals surface area contributed by atoms with Crippen molar-refractivity contribution in [3.8, 4) is 0 Å². The van der Waals surface area contributed by atoms with Crippen molar-refractivity contribution in [1.82, 2.24) is 15.1 Å². The number of morpholine rings is 1. The van der Waals surface area contributed by atoms with Crippen molar-refractivity contribution in [2.24, 2.45) is 10.9 Å². The van der Waals surface area contributed by atoms with Crippen LogP contribution in [0.3, 0.4) is 0 Å². The van der Waals surface area contributed by atoms with Crippen LogP contribution in [0.15, 0.2) is 39.7 Å². The van der Waals surface area contributed by atoms with Crippen LogP contribution in [0.1, 0.15) is 19.1 Å². The Balaban J connectivity index is 1.31. The summed E-state index contributed by atoms with van der Waals surface area (Å²) in [7, 11) is 0. The molecular formula is C22H32N4O2. The van der Waals surface area contributed by atoms with Gasteiger partial charge in [0.1, 0.15) is 11.3 Å². The zero-order valence-corrected chi connectivity index (χ0v) is 16.9. The maximum absolute atomic E-state index is 5.92. The van der Waals surface area contributed by atoms with E-state index in [-0.39, 0.29) is 0 Å². The largest absolute Gasteiger partial charge is 0.461 e. The van der Waals surface area contributed by atoms with Gasteiger partial charge in [-0.3, -0.25) is 9.89 Å². The van der Waals surface area contributed by atoms with E-state index in [4.69, 9.17) is 14.1 Å². The smallest absolute Gasteiger partial charge is 0.193 e. The number of hydrogen-bond donors (Lipinski definition) is 1. The van der Waals surface area contributed by atoms with E-state index in [1.165, 1.54) is 18.4 Å². The molecule has 6 heteroatoms. The molecule has 2 fully saturated rings. The molecule has 28 heavy (non-hydrogen) atoms. The van der Waals surface area contributed by atoms with Crippen molar-refractivity contribution >= 4 is 16.9 Å². The predicted molar refractivity (Wildman–Crippen MR) is 113 cm³/mol. The first-order valence-electron chi connectivity index (χ1n) is 10.6. The Kier molecular flexibility index (Phi) is 6.49. The van der Waals surface area contributed by atoms with E-state index >= 15 is 0 Å². The van der Waals surface area contributed by atoms with Gasteiger partial charge in [0, 0.05) is 57.6 Å². The first-order chi connectivity index (χ1) is 13.8. The normalized spacial score (nSPS) is 21.5. The molecule has 0 radical (unpaired) electrons. The lowest BCUT2D eigenvalue weighted by Gasteiger charge is -2.29. The highest BCUT2D eigenvalue weighted by atomic mass is 16.5. The lowest BCUT2D eigenvalue weighted by molar-refractivity contribution is 0.0315. The Morgan fingerprint density at radius 2 is 2.07 bits per heavy atom. The summed E-state index contributed by atoms with van der Waals surface area (Å²) in [5.74, 6) is 2.77. The number of nitrogens with one attached hydrogen (secondary N) is 1. The van der Waals surface area contributed by atoms with Gasteiger partial charge in [0.2, 0.25) is 0 Å². The zero-order chi connectivity index (χ0) is 19.2. The minimum atomic E-state index is 0.720. The Labute approximate surface area is 167 Å². The van der Waals surface area contributed by atoms with E-state index in [1.807, 2.05) is 18.2 Å². The molecule has 0 aliphatic carbocycles. The van der Waals surface area contributed by atoms with Gasteiger partial charge in [0.05, 0.1) is 13.2 Å². The monoisotopic (exact) mass is 384 g/mol. The number of ether oxygens (including phenoxy) is 1. The Hall–Kier alpha value is -2.05. The molecule has 3 heterocycles. The van der Waals surface area contributed by atoms with Crippen molar-refractivity contribution in [3.63, 3.8) is 0 Å². The van der Waals surface area contributed by atoms with Crippen LogP contribution >= 0.6 is 0 Å². The zero-order valence-electron chi connectivity index (χ0n) is 16.9. The summed E-state index contributed by atoms with van der Waals surface area (Å²) in [6.45, 7) is 11.0. The fourth-order valence-corrected chi connectivity index (χ4v) is 4.18. The van der Waals surface area contributed by atoms with Gasteiger partial charge < -0.3 is 19.4 Å². The molecule has 0 saturated carbocycles. The van der Waals surface area contributed by atoms with Crippen LogP contribution in [0.2, 0.25) is 0 Å². The van der Waals surface area contributed by atoms with E-state index in [2.05, 4.69) is 34.2 Å². The number of aliphatic imine (C=N–C) groups is 1. The molecule has 4 rings (SSSR count). The fourth-order valence-electron chi connectivity index (χ4n) is 4.18. The molecule has 2 saturated heterocycles. The lowest BCUT2D eigenvalue weighted by Crippen LogP contribution is -2.42. The molecule has 152 valence electrons. The van der Waals surface area contributed by atoms with E-state index in [9.17, 15) is 0 Å². The fraction of sp³-hybridized carbons (Fsp3) is 0.591. The molecule has 1 aromatic heterocycles. The van der Waals surface area contributed by atoms with Gasteiger partial charge >= 0.3 is 0 Å². The second kappa shape index (κ2) is 9.43. The van der Waals surface area contributed by atoms with Gasteiger partial charge in [-0.1, -0.05) is 18.2 Å². The summed E-state index contributed by atoms with van der Waals surface area (Å²) >= 11 is 0. The number of guanidine groups is 1. The van der Waals surface area contributed by atoms with Crippen molar-refractivity contribution < 1.29 is 9.15 Å². The molecule has 1 atom stereocenters. The third-order valence-electron chi connectivity index (χ3n) is 5.64. The number of fused-ring (bicyclic) bond motifs is 1. The third-order valence-corrected chi connectivity index (χ3v) is 5.64. The van der Waals surface area contributed by atoms with Gasteiger partial charge in [-0.05, 0) is 31.4 Å². The predicted octanol–water partition coefficient (Wildman–Crippen LogP) is 2.59. The molecule has 1 aromatic carbocycles. The number of hydrogen-bond acceptors (Lipinski definition) is 4. The van der Waals surface area contributed by atoms with Crippen LogP contribution < -0.4 is 5.32 Å². The molecule has 2 aromatic rings. The average Bonchev–Trinajstić information content (AvgIpc) is 3.34. The minimum Gasteiger partial charge on any atom is -0.461 e. The molecule has 0 amide bonds. The van der Waals surface area contributed by atoms with E-state index in [0.717, 1.165) is 82.1 Å². The van der Waals surface area contributed by atoms with Crippen LogP contribution in [0.25, 0.3) is 11.0 Å². The van der Waals surface area contributed by atoms with Gasteiger partial charge in [-0.2, -0.15) is 0 Å². The van der Waals surface area contributed by atoms with E-state index in [0.29, 0.717) is 0 Å². The first kappa shape index (κ1) is 19.3. The van der Waals surface area contributed by atoms with Crippen molar-refractivity contribution in [1.29, 1.82) is 0 Å². The summed E-state index contributed by atoms with van der Waals surface area (Å²) in [6, 6.07) is 10.3. The number of likely N-dealkylation sites (tertiary alicyclic amines) is 1. The molecule has 2 aliphatic rings.